The predicted octanol–water partition coefficient (Wildman–Crippen LogP) is 5.51. The number of hydrogen-bond acceptors (Lipinski definition) is 4. The molecule has 0 fully saturated rings. The average molecular weight is 495 g/mol. The van der Waals surface area contributed by atoms with Gasteiger partial charge in [0.05, 0.1) is 25.1 Å². The van der Waals surface area contributed by atoms with E-state index in [1.807, 2.05) is 26.8 Å². The number of nitrogens with zero attached hydrogens (tertiary/aromatic N) is 1. The topological polar surface area (TPSA) is 75.7 Å². The van der Waals surface area contributed by atoms with Gasteiger partial charge in [-0.2, -0.15) is 0 Å². The number of benzene rings is 2. The van der Waals surface area contributed by atoms with Crippen LogP contribution in [0.25, 0.3) is 0 Å². The lowest BCUT2D eigenvalue weighted by Gasteiger charge is -2.31. The smallest absolute Gasteiger partial charge is 0.244 e. The SMILES string of the molecule is CC[C@@H](C(=O)N[C@H](C)c1cc(C(C)C)c(OC)cc1C)N(c1ccc(C)c(Cl)c1)S(C)(=O)=O. The number of rotatable bonds is 9. The van der Waals surface area contributed by atoms with Crippen molar-refractivity contribution in [2.24, 2.45) is 0 Å². The molecule has 1 N–H and O–H groups in total. The molecule has 2 aromatic carbocycles. The minimum Gasteiger partial charge on any atom is -0.496 e. The summed E-state index contributed by atoms with van der Waals surface area (Å²) in [5.41, 5.74) is 4.20. The highest BCUT2D eigenvalue weighted by Gasteiger charge is 2.32. The van der Waals surface area contributed by atoms with Crippen LogP contribution in [0.1, 0.15) is 68.3 Å². The third kappa shape index (κ3) is 6.21. The molecule has 0 bridgehead atoms. The van der Waals surface area contributed by atoms with Crippen LogP contribution in [0.5, 0.6) is 5.75 Å². The fraction of sp³-hybridized carbons (Fsp3) is 0.480. The monoisotopic (exact) mass is 494 g/mol. The maximum atomic E-state index is 13.3. The summed E-state index contributed by atoms with van der Waals surface area (Å²) in [4.78, 5) is 13.3. The maximum Gasteiger partial charge on any atom is 0.244 e. The van der Waals surface area contributed by atoms with Crippen molar-refractivity contribution in [3.05, 3.63) is 57.6 Å². The lowest BCUT2D eigenvalue weighted by atomic mass is 9.93. The lowest BCUT2D eigenvalue weighted by molar-refractivity contribution is -0.122. The number of anilines is 1. The molecule has 8 heteroatoms. The van der Waals surface area contributed by atoms with Crippen LogP contribution in [0, 0.1) is 13.8 Å². The Morgan fingerprint density at radius 3 is 2.21 bits per heavy atom. The first-order chi connectivity index (χ1) is 15.3. The Labute approximate surface area is 203 Å². The van der Waals surface area contributed by atoms with Crippen LogP contribution in [-0.4, -0.2) is 33.7 Å². The minimum atomic E-state index is -3.74. The zero-order valence-electron chi connectivity index (χ0n) is 20.7. The van der Waals surface area contributed by atoms with E-state index in [0.717, 1.165) is 38.6 Å². The molecule has 0 unspecified atom stereocenters. The van der Waals surface area contributed by atoms with Gasteiger partial charge in [0.1, 0.15) is 11.8 Å². The molecule has 0 aromatic heterocycles. The number of nitrogens with one attached hydrogen (secondary N) is 1. The summed E-state index contributed by atoms with van der Waals surface area (Å²) in [6.07, 6.45) is 1.40. The van der Waals surface area contributed by atoms with E-state index in [0.29, 0.717) is 17.1 Å². The molecular formula is C25H35ClN2O4S. The van der Waals surface area contributed by atoms with Gasteiger partial charge in [0, 0.05) is 5.02 Å². The number of halogens is 1. The van der Waals surface area contributed by atoms with Crippen LogP contribution in [0.4, 0.5) is 5.69 Å². The van der Waals surface area contributed by atoms with Gasteiger partial charge < -0.3 is 10.1 Å². The summed E-state index contributed by atoms with van der Waals surface area (Å²) in [7, 11) is -2.09. The first-order valence-electron chi connectivity index (χ1n) is 11.1. The molecule has 33 heavy (non-hydrogen) atoms. The van der Waals surface area contributed by atoms with Crippen molar-refractivity contribution in [2.75, 3.05) is 17.7 Å². The van der Waals surface area contributed by atoms with Crippen molar-refractivity contribution in [3.8, 4) is 5.75 Å². The van der Waals surface area contributed by atoms with Crippen molar-refractivity contribution < 1.29 is 17.9 Å². The summed E-state index contributed by atoms with van der Waals surface area (Å²) < 4.78 is 32.1. The fourth-order valence-corrected chi connectivity index (χ4v) is 5.36. The normalized spacial score (nSPS) is 13.5. The summed E-state index contributed by atoms with van der Waals surface area (Å²) in [5, 5.41) is 3.47. The molecule has 1 amide bonds. The molecule has 0 aliphatic rings. The maximum absolute atomic E-state index is 13.3. The van der Waals surface area contributed by atoms with Crippen LogP contribution in [0.2, 0.25) is 5.02 Å². The highest BCUT2D eigenvalue weighted by molar-refractivity contribution is 7.92. The van der Waals surface area contributed by atoms with E-state index in [4.69, 9.17) is 16.3 Å². The van der Waals surface area contributed by atoms with Crippen LogP contribution < -0.4 is 14.4 Å². The van der Waals surface area contributed by atoms with Crippen LogP contribution in [0.3, 0.4) is 0 Å². The van der Waals surface area contributed by atoms with E-state index >= 15 is 0 Å². The molecule has 0 saturated carbocycles. The van der Waals surface area contributed by atoms with Crippen molar-refractivity contribution >= 4 is 33.2 Å². The number of methoxy groups -OCH3 is 1. The molecule has 0 spiro atoms. The van der Waals surface area contributed by atoms with E-state index in [1.54, 1.807) is 32.2 Å². The molecule has 0 aliphatic carbocycles. The Balaban J connectivity index is 2.41. The van der Waals surface area contributed by atoms with Crippen molar-refractivity contribution in [2.45, 2.75) is 66.0 Å². The van der Waals surface area contributed by atoms with E-state index in [2.05, 4.69) is 25.2 Å². The Morgan fingerprint density at radius 1 is 1.09 bits per heavy atom. The number of sulfonamides is 1. The van der Waals surface area contributed by atoms with Gasteiger partial charge in [-0.05, 0) is 79.6 Å². The molecule has 2 aromatic rings. The molecule has 2 atom stereocenters. The van der Waals surface area contributed by atoms with Gasteiger partial charge >= 0.3 is 0 Å². The fourth-order valence-electron chi connectivity index (χ4n) is 3.98. The second kappa shape index (κ2) is 10.8. The lowest BCUT2D eigenvalue weighted by Crippen LogP contribution is -2.49. The summed E-state index contributed by atoms with van der Waals surface area (Å²) in [6.45, 7) is 11.7. The van der Waals surface area contributed by atoms with Gasteiger partial charge in [-0.25, -0.2) is 8.42 Å². The van der Waals surface area contributed by atoms with Gasteiger partial charge in [-0.1, -0.05) is 38.4 Å². The van der Waals surface area contributed by atoms with Crippen LogP contribution >= 0.6 is 11.6 Å². The summed E-state index contributed by atoms with van der Waals surface area (Å²) >= 11 is 6.25. The molecule has 2 rings (SSSR count). The number of ether oxygens (including phenoxy) is 1. The average Bonchev–Trinajstić information content (AvgIpc) is 2.72. The Morgan fingerprint density at radius 2 is 1.73 bits per heavy atom. The van der Waals surface area contributed by atoms with E-state index in [1.165, 1.54) is 0 Å². The van der Waals surface area contributed by atoms with Gasteiger partial charge in [-0.15, -0.1) is 0 Å². The number of carbonyl (C=O) groups excluding carboxylic acids is 1. The van der Waals surface area contributed by atoms with Gasteiger partial charge in [0.25, 0.3) is 0 Å². The molecule has 0 radical (unpaired) electrons. The summed E-state index contributed by atoms with van der Waals surface area (Å²) in [5.74, 6) is 0.696. The molecule has 0 heterocycles. The highest BCUT2D eigenvalue weighted by atomic mass is 35.5. The number of amides is 1. The van der Waals surface area contributed by atoms with Crippen LogP contribution in [0.15, 0.2) is 30.3 Å². The highest BCUT2D eigenvalue weighted by Crippen LogP contribution is 2.33. The Kier molecular flexibility index (Phi) is 8.82. The quantitative estimate of drug-likeness (QED) is 0.498. The zero-order chi connectivity index (χ0) is 25.1. The molecule has 0 aliphatic heterocycles. The number of hydrogen-bond donors (Lipinski definition) is 1. The largest absolute Gasteiger partial charge is 0.496 e. The van der Waals surface area contributed by atoms with E-state index < -0.39 is 16.1 Å². The van der Waals surface area contributed by atoms with Crippen LogP contribution in [-0.2, 0) is 14.8 Å². The van der Waals surface area contributed by atoms with Crippen molar-refractivity contribution in [1.82, 2.24) is 5.32 Å². The van der Waals surface area contributed by atoms with E-state index in [9.17, 15) is 13.2 Å². The standard InChI is InChI=1S/C25H35ClN2O4S/c1-9-23(28(33(8,30)31)19-11-10-16(4)22(26)13-19)25(29)27-18(6)21-14-20(15(2)3)24(32-7)12-17(21)5/h10-15,18,23H,9H2,1-8H3,(H,27,29)/t18-,23+/m1/s1. The number of carbonyl (C=O) groups is 1. The third-order valence-corrected chi connectivity index (χ3v) is 7.39. The first-order valence-corrected chi connectivity index (χ1v) is 13.3. The van der Waals surface area contributed by atoms with Gasteiger partial charge in [-0.3, -0.25) is 9.10 Å². The minimum absolute atomic E-state index is 0.248. The summed E-state index contributed by atoms with van der Waals surface area (Å²) in [6, 6.07) is 7.80. The molecule has 182 valence electrons. The van der Waals surface area contributed by atoms with Crippen molar-refractivity contribution in [1.29, 1.82) is 0 Å². The van der Waals surface area contributed by atoms with E-state index in [-0.39, 0.29) is 17.9 Å². The predicted molar refractivity (Wildman–Crippen MR) is 136 cm³/mol. The second-order valence-corrected chi connectivity index (χ2v) is 11.0. The third-order valence-electron chi connectivity index (χ3n) is 5.81. The first kappa shape index (κ1) is 27.0. The second-order valence-electron chi connectivity index (χ2n) is 8.75. The molecule has 0 saturated heterocycles. The molecule has 6 nitrogen and oxygen atoms in total. The van der Waals surface area contributed by atoms with Crippen molar-refractivity contribution in [3.63, 3.8) is 0 Å². The number of aryl methyl sites for hydroxylation is 2. The molecular weight excluding hydrogens is 460 g/mol. The zero-order valence-corrected chi connectivity index (χ0v) is 22.3. The Hall–Kier alpha value is -2.25. The van der Waals surface area contributed by atoms with Gasteiger partial charge in [0.2, 0.25) is 15.9 Å². The Bertz CT molecular complexity index is 1120. The van der Waals surface area contributed by atoms with Gasteiger partial charge in [0.15, 0.2) is 0 Å².